The van der Waals surface area contributed by atoms with Crippen molar-refractivity contribution >= 4 is 17.2 Å². The van der Waals surface area contributed by atoms with E-state index in [0.29, 0.717) is 6.42 Å². The Balaban J connectivity index is 2.19. The molecule has 0 aromatic carbocycles. The molecule has 2 aromatic heterocycles. The Morgan fingerprint density at radius 2 is 2.14 bits per heavy atom. The van der Waals surface area contributed by atoms with Gasteiger partial charge in [-0.1, -0.05) is 6.92 Å². The first kappa shape index (κ1) is 16.5. The van der Waals surface area contributed by atoms with E-state index in [9.17, 15) is 13.6 Å². The van der Waals surface area contributed by atoms with Gasteiger partial charge in [0.25, 0.3) is 12.3 Å². The summed E-state index contributed by atoms with van der Waals surface area (Å²) in [7, 11) is 1.47. The van der Waals surface area contributed by atoms with Crippen LogP contribution in [0.5, 0.6) is 0 Å². The van der Waals surface area contributed by atoms with E-state index in [1.54, 1.807) is 0 Å². The molecule has 0 fully saturated rings. The highest BCUT2D eigenvalue weighted by atomic mass is 32.1. The third kappa shape index (κ3) is 3.32. The van der Waals surface area contributed by atoms with Gasteiger partial charge in [-0.15, -0.1) is 11.3 Å². The van der Waals surface area contributed by atoms with Crippen LogP contribution in [0, 0.1) is 13.8 Å². The first-order chi connectivity index (χ1) is 10.3. The van der Waals surface area contributed by atoms with Crippen LogP contribution in [0.2, 0.25) is 0 Å². The zero-order valence-electron chi connectivity index (χ0n) is 12.9. The van der Waals surface area contributed by atoms with Gasteiger partial charge in [0, 0.05) is 11.9 Å². The quantitative estimate of drug-likeness (QED) is 0.916. The molecule has 5 nitrogen and oxygen atoms in total. The molecule has 120 valence electrons. The minimum absolute atomic E-state index is 0.110. The predicted molar refractivity (Wildman–Crippen MR) is 80.3 cm³/mol. The van der Waals surface area contributed by atoms with Crippen LogP contribution in [0.1, 0.15) is 57.6 Å². The van der Waals surface area contributed by atoms with Gasteiger partial charge in [-0.2, -0.15) is 5.10 Å². The lowest BCUT2D eigenvalue weighted by Crippen LogP contribution is -2.29. The Hall–Kier alpha value is -1.83. The highest BCUT2D eigenvalue weighted by Crippen LogP contribution is 2.25. The van der Waals surface area contributed by atoms with E-state index >= 15 is 0 Å². The number of amides is 1. The minimum atomic E-state index is -2.70. The lowest BCUT2D eigenvalue weighted by atomic mass is 10.2. The fourth-order valence-corrected chi connectivity index (χ4v) is 3.08. The van der Waals surface area contributed by atoms with Gasteiger partial charge in [0.2, 0.25) is 0 Å². The van der Waals surface area contributed by atoms with Crippen molar-refractivity contribution in [3.8, 4) is 0 Å². The normalized spacial score (nSPS) is 12.7. The second-order valence-electron chi connectivity index (χ2n) is 5.01. The van der Waals surface area contributed by atoms with Crippen LogP contribution in [0.4, 0.5) is 8.78 Å². The standard InChI is InChI=1S/C14H18F2N4OS/c1-5-9(14-17-7(2)8(3)22-14)18-13(21)11-6-10(12(15)16)19-20(11)4/h6,9,12H,5H2,1-4H3,(H,18,21)/t9-/m0/s1. The molecule has 22 heavy (non-hydrogen) atoms. The second kappa shape index (κ2) is 6.51. The molecule has 1 N–H and O–H groups in total. The van der Waals surface area contributed by atoms with Crippen molar-refractivity contribution in [3.63, 3.8) is 0 Å². The van der Waals surface area contributed by atoms with Gasteiger partial charge in [-0.25, -0.2) is 13.8 Å². The summed E-state index contributed by atoms with van der Waals surface area (Å²) in [5, 5.41) is 7.31. The molecule has 0 unspecified atom stereocenters. The number of aryl methyl sites for hydroxylation is 3. The van der Waals surface area contributed by atoms with Crippen LogP contribution < -0.4 is 5.32 Å². The van der Waals surface area contributed by atoms with Crippen molar-refractivity contribution in [2.75, 3.05) is 0 Å². The molecule has 2 rings (SSSR count). The molecule has 0 spiro atoms. The lowest BCUT2D eigenvalue weighted by molar-refractivity contribution is 0.0926. The molecule has 2 heterocycles. The summed E-state index contributed by atoms with van der Waals surface area (Å²) in [4.78, 5) is 17.8. The molecule has 0 aliphatic heterocycles. The number of hydrogen-bond donors (Lipinski definition) is 1. The maximum Gasteiger partial charge on any atom is 0.282 e. The molecule has 8 heteroatoms. The number of alkyl halides is 2. The van der Waals surface area contributed by atoms with E-state index < -0.39 is 18.0 Å². The second-order valence-corrected chi connectivity index (χ2v) is 6.24. The van der Waals surface area contributed by atoms with Crippen molar-refractivity contribution < 1.29 is 13.6 Å². The van der Waals surface area contributed by atoms with Crippen LogP contribution in [0.3, 0.4) is 0 Å². The predicted octanol–water partition coefficient (Wildman–Crippen LogP) is 3.31. The van der Waals surface area contributed by atoms with Gasteiger partial charge in [-0.05, 0) is 26.3 Å². The maximum atomic E-state index is 12.6. The summed E-state index contributed by atoms with van der Waals surface area (Å²) >= 11 is 1.53. The number of carbonyl (C=O) groups excluding carboxylic acids is 1. The van der Waals surface area contributed by atoms with Crippen molar-refractivity contribution in [1.82, 2.24) is 20.1 Å². The third-order valence-electron chi connectivity index (χ3n) is 3.41. The zero-order chi connectivity index (χ0) is 16.4. The third-order valence-corrected chi connectivity index (χ3v) is 4.60. The Labute approximate surface area is 131 Å². The number of rotatable bonds is 5. The van der Waals surface area contributed by atoms with Crippen molar-refractivity contribution in [2.45, 2.75) is 39.7 Å². The van der Waals surface area contributed by atoms with Gasteiger partial charge in [0.1, 0.15) is 16.4 Å². The lowest BCUT2D eigenvalue weighted by Gasteiger charge is -2.14. The fraction of sp³-hybridized carbons (Fsp3) is 0.500. The topological polar surface area (TPSA) is 59.8 Å². The van der Waals surface area contributed by atoms with Crippen LogP contribution in [0.15, 0.2) is 6.07 Å². The summed E-state index contributed by atoms with van der Waals surface area (Å²) in [5.41, 5.74) is 0.647. The number of thiazole rings is 1. The summed E-state index contributed by atoms with van der Waals surface area (Å²) in [5.74, 6) is -0.431. The molecular weight excluding hydrogens is 310 g/mol. The van der Waals surface area contributed by atoms with E-state index in [1.165, 1.54) is 23.1 Å². The zero-order valence-corrected chi connectivity index (χ0v) is 13.7. The average Bonchev–Trinajstić information content (AvgIpc) is 3.00. The molecule has 0 saturated carbocycles. The first-order valence-corrected chi connectivity index (χ1v) is 7.72. The molecule has 0 aliphatic rings. The largest absolute Gasteiger partial charge is 0.341 e. The Morgan fingerprint density at radius 1 is 1.45 bits per heavy atom. The molecule has 2 aromatic rings. The summed E-state index contributed by atoms with van der Waals surface area (Å²) in [6.45, 7) is 5.83. The number of aromatic nitrogens is 3. The van der Waals surface area contributed by atoms with Gasteiger partial charge in [0.05, 0.1) is 11.7 Å². The highest BCUT2D eigenvalue weighted by Gasteiger charge is 2.22. The number of nitrogens with zero attached hydrogens (tertiary/aromatic N) is 3. The molecule has 0 saturated heterocycles. The number of nitrogens with one attached hydrogen (secondary N) is 1. The van der Waals surface area contributed by atoms with Gasteiger partial charge >= 0.3 is 0 Å². The van der Waals surface area contributed by atoms with Crippen molar-refractivity contribution in [1.29, 1.82) is 0 Å². The molecule has 1 amide bonds. The molecule has 1 atom stereocenters. The van der Waals surface area contributed by atoms with Crippen LogP contribution >= 0.6 is 11.3 Å². The van der Waals surface area contributed by atoms with Crippen molar-refractivity contribution in [3.05, 3.63) is 33.0 Å². The van der Waals surface area contributed by atoms with Gasteiger partial charge in [-0.3, -0.25) is 9.48 Å². The van der Waals surface area contributed by atoms with Crippen LogP contribution in [0.25, 0.3) is 0 Å². The Bertz CT molecular complexity index is 661. The monoisotopic (exact) mass is 328 g/mol. The number of carbonyl (C=O) groups is 1. The van der Waals surface area contributed by atoms with E-state index in [1.807, 2.05) is 20.8 Å². The molecular formula is C14H18F2N4OS. The maximum absolute atomic E-state index is 12.6. The van der Waals surface area contributed by atoms with E-state index in [-0.39, 0.29) is 11.7 Å². The first-order valence-electron chi connectivity index (χ1n) is 6.90. The highest BCUT2D eigenvalue weighted by molar-refractivity contribution is 7.11. The van der Waals surface area contributed by atoms with Crippen molar-refractivity contribution in [2.24, 2.45) is 7.05 Å². The van der Waals surface area contributed by atoms with Crippen LogP contribution in [-0.4, -0.2) is 20.7 Å². The summed E-state index contributed by atoms with van der Waals surface area (Å²) < 4.78 is 26.5. The summed E-state index contributed by atoms with van der Waals surface area (Å²) in [6, 6.07) is 0.875. The molecule has 0 bridgehead atoms. The number of hydrogen-bond acceptors (Lipinski definition) is 4. The van der Waals surface area contributed by atoms with Gasteiger partial charge in [0.15, 0.2) is 0 Å². The minimum Gasteiger partial charge on any atom is -0.341 e. The van der Waals surface area contributed by atoms with E-state index in [2.05, 4.69) is 15.4 Å². The van der Waals surface area contributed by atoms with Crippen LogP contribution in [-0.2, 0) is 7.05 Å². The Kier molecular flexibility index (Phi) is 4.90. The number of halogens is 2. The van der Waals surface area contributed by atoms with E-state index in [0.717, 1.165) is 21.6 Å². The van der Waals surface area contributed by atoms with E-state index in [4.69, 9.17) is 0 Å². The fourth-order valence-electron chi connectivity index (χ4n) is 2.03. The summed E-state index contributed by atoms with van der Waals surface area (Å²) in [6.07, 6.45) is -2.03. The average molecular weight is 328 g/mol. The Morgan fingerprint density at radius 3 is 2.59 bits per heavy atom. The van der Waals surface area contributed by atoms with Gasteiger partial charge < -0.3 is 5.32 Å². The molecule has 0 aliphatic carbocycles. The molecule has 0 radical (unpaired) electrons. The SMILES string of the molecule is CC[C@H](NC(=O)c1cc(C(F)F)nn1C)c1nc(C)c(C)s1. The smallest absolute Gasteiger partial charge is 0.282 e.